The van der Waals surface area contributed by atoms with Crippen LogP contribution in [0.4, 0.5) is 0 Å². The monoisotopic (exact) mass is 357 g/mol. The Hall–Kier alpha value is -1.40. The molecule has 0 spiro atoms. The number of ether oxygens (including phenoxy) is 1. The Bertz CT molecular complexity index is 491. The van der Waals surface area contributed by atoms with Gasteiger partial charge >= 0.3 is 5.97 Å². The minimum absolute atomic E-state index is 0.0809. The van der Waals surface area contributed by atoms with Crippen LogP contribution in [0.2, 0.25) is 0 Å². The van der Waals surface area contributed by atoms with Crippen molar-refractivity contribution in [3.63, 3.8) is 0 Å². The van der Waals surface area contributed by atoms with Crippen LogP contribution < -0.4 is 5.32 Å². The van der Waals surface area contributed by atoms with Crippen molar-refractivity contribution in [1.82, 2.24) is 5.32 Å². The van der Waals surface area contributed by atoms with Crippen LogP contribution in [0.3, 0.4) is 0 Å². The van der Waals surface area contributed by atoms with E-state index in [1.54, 1.807) is 6.07 Å². The van der Waals surface area contributed by atoms with E-state index in [4.69, 9.17) is 9.84 Å². The maximum Gasteiger partial charge on any atom is 0.335 e. The lowest BCUT2D eigenvalue weighted by Crippen LogP contribution is -2.25. The predicted molar refractivity (Wildman–Crippen MR) is 83.8 cm³/mol. The lowest BCUT2D eigenvalue weighted by molar-refractivity contribution is 0.0697. The molecule has 1 aromatic carbocycles. The van der Waals surface area contributed by atoms with Gasteiger partial charge in [-0.2, -0.15) is 0 Å². The number of carbonyl (C=O) groups is 2. The third-order valence-electron chi connectivity index (χ3n) is 2.80. The third-order valence-corrected chi connectivity index (χ3v) is 3.26. The summed E-state index contributed by atoms with van der Waals surface area (Å²) in [5, 5.41) is 11.7. The molecule has 21 heavy (non-hydrogen) atoms. The second-order valence-electron chi connectivity index (χ2n) is 4.61. The van der Waals surface area contributed by atoms with Gasteiger partial charge in [0, 0.05) is 29.8 Å². The summed E-state index contributed by atoms with van der Waals surface area (Å²) in [5.74, 6) is -1.35. The molecule has 6 heteroatoms. The van der Waals surface area contributed by atoms with Crippen molar-refractivity contribution in [2.75, 3.05) is 19.8 Å². The molecule has 0 fully saturated rings. The Morgan fingerprint density at radius 2 is 1.86 bits per heavy atom. The van der Waals surface area contributed by atoms with E-state index in [1.165, 1.54) is 12.1 Å². The predicted octanol–water partition coefficient (Wildman–Crippen LogP) is 3.08. The molecule has 0 aromatic heterocycles. The second-order valence-corrected chi connectivity index (χ2v) is 5.52. The summed E-state index contributed by atoms with van der Waals surface area (Å²) in [4.78, 5) is 22.9. The first-order chi connectivity index (χ1) is 10.0. The highest BCUT2D eigenvalue weighted by Crippen LogP contribution is 2.16. The Labute approximate surface area is 132 Å². The third kappa shape index (κ3) is 6.73. The summed E-state index contributed by atoms with van der Waals surface area (Å²) in [6.45, 7) is 3.96. The van der Waals surface area contributed by atoms with Crippen molar-refractivity contribution in [3.05, 3.63) is 33.8 Å². The lowest BCUT2D eigenvalue weighted by Gasteiger charge is -2.07. The number of aromatic carboxylic acids is 1. The number of benzene rings is 1. The SMILES string of the molecule is CCCCOCCCNC(=O)c1cc(Br)cc(C(=O)O)c1. The molecule has 1 rings (SSSR count). The maximum absolute atomic E-state index is 11.9. The van der Waals surface area contributed by atoms with Crippen LogP contribution in [-0.4, -0.2) is 36.7 Å². The minimum atomic E-state index is -1.06. The molecule has 2 N–H and O–H groups in total. The summed E-state index contributed by atoms with van der Waals surface area (Å²) >= 11 is 3.20. The van der Waals surface area contributed by atoms with E-state index in [-0.39, 0.29) is 11.5 Å². The number of carboxylic acids is 1. The Kier molecular flexibility index (Phi) is 8.00. The van der Waals surface area contributed by atoms with Crippen molar-refractivity contribution in [2.24, 2.45) is 0 Å². The number of carbonyl (C=O) groups excluding carboxylic acids is 1. The lowest BCUT2D eigenvalue weighted by atomic mass is 10.1. The molecule has 0 bridgehead atoms. The van der Waals surface area contributed by atoms with Gasteiger partial charge in [-0.05, 0) is 31.0 Å². The van der Waals surface area contributed by atoms with E-state index in [2.05, 4.69) is 28.2 Å². The Morgan fingerprint density at radius 1 is 1.19 bits per heavy atom. The van der Waals surface area contributed by atoms with Crippen LogP contribution >= 0.6 is 15.9 Å². The summed E-state index contributed by atoms with van der Waals surface area (Å²) in [7, 11) is 0. The zero-order valence-electron chi connectivity index (χ0n) is 12.0. The summed E-state index contributed by atoms with van der Waals surface area (Å²) in [5.41, 5.74) is 0.408. The van der Waals surface area contributed by atoms with Gasteiger partial charge in [0.2, 0.25) is 0 Å². The Morgan fingerprint density at radius 3 is 2.52 bits per heavy atom. The van der Waals surface area contributed by atoms with E-state index in [0.29, 0.717) is 23.2 Å². The first-order valence-corrected chi connectivity index (χ1v) is 7.73. The molecule has 0 radical (unpaired) electrons. The van der Waals surface area contributed by atoms with Crippen molar-refractivity contribution >= 4 is 27.8 Å². The molecule has 1 amide bonds. The average Bonchev–Trinajstić information content (AvgIpc) is 2.45. The molecular formula is C15H20BrNO4. The first kappa shape index (κ1) is 17.7. The summed E-state index contributed by atoms with van der Waals surface area (Å²) in [6, 6.07) is 4.42. The number of rotatable bonds is 9. The van der Waals surface area contributed by atoms with Crippen LogP contribution in [0.1, 0.15) is 46.9 Å². The molecule has 0 saturated carbocycles. The van der Waals surface area contributed by atoms with Gasteiger partial charge in [-0.3, -0.25) is 4.79 Å². The molecule has 0 atom stereocenters. The van der Waals surface area contributed by atoms with Gasteiger partial charge in [-0.1, -0.05) is 29.3 Å². The number of carboxylic acid groups (broad SMARTS) is 1. The van der Waals surface area contributed by atoms with Gasteiger partial charge in [0.05, 0.1) is 5.56 Å². The molecule has 0 saturated heterocycles. The molecule has 0 unspecified atom stereocenters. The molecular weight excluding hydrogens is 338 g/mol. The Balaban J connectivity index is 2.40. The molecule has 116 valence electrons. The molecule has 0 aliphatic rings. The number of amides is 1. The largest absolute Gasteiger partial charge is 0.478 e. The van der Waals surface area contributed by atoms with Crippen LogP contribution in [0, 0.1) is 0 Å². The van der Waals surface area contributed by atoms with Crippen LogP contribution in [0.15, 0.2) is 22.7 Å². The van der Waals surface area contributed by atoms with Gasteiger partial charge in [0.15, 0.2) is 0 Å². The number of nitrogens with one attached hydrogen (secondary N) is 1. The molecule has 5 nitrogen and oxygen atoms in total. The first-order valence-electron chi connectivity index (χ1n) is 6.94. The zero-order chi connectivity index (χ0) is 15.7. The van der Waals surface area contributed by atoms with Crippen molar-refractivity contribution < 1.29 is 19.4 Å². The summed E-state index contributed by atoms with van der Waals surface area (Å²) in [6.07, 6.45) is 2.88. The molecule has 0 aliphatic carbocycles. The van der Waals surface area contributed by atoms with Crippen molar-refractivity contribution in [1.29, 1.82) is 0 Å². The number of halogens is 1. The standard InChI is InChI=1S/C15H20BrNO4/c1-2-3-6-21-7-4-5-17-14(18)11-8-12(15(19)20)10-13(16)9-11/h8-10H,2-7H2,1H3,(H,17,18)(H,19,20). The number of hydrogen-bond acceptors (Lipinski definition) is 3. The highest BCUT2D eigenvalue weighted by atomic mass is 79.9. The fourth-order valence-electron chi connectivity index (χ4n) is 1.67. The van der Waals surface area contributed by atoms with Crippen LogP contribution in [0.5, 0.6) is 0 Å². The molecule has 0 heterocycles. The van der Waals surface area contributed by atoms with Gasteiger partial charge < -0.3 is 15.2 Å². The minimum Gasteiger partial charge on any atom is -0.478 e. The van der Waals surface area contributed by atoms with E-state index < -0.39 is 5.97 Å². The van der Waals surface area contributed by atoms with E-state index in [0.717, 1.165) is 25.9 Å². The summed E-state index contributed by atoms with van der Waals surface area (Å²) < 4.78 is 5.96. The van der Waals surface area contributed by atoms with Gasteiger partial charge in [0.25, 0.3) is 5.91 Å². The molecule has 1 aromatic rings. The fraction of sp³-hybridized carbons (Fsp3) is 0.467. The topological polar surface area (TPSA) is 75.6 Å². The van der Waals surface area contributed by atoms with Crippen LogP contribution in [0.25, 0.3) is 0 Å². The number of hydrogen-bond donors (Lipinski definition) is 2. The van der Waals surface area contributed by atoms with E-state index in [9.17, 15) is 9.59 Å². The van der Waals surface area contributed by atoms with Gasteiger partial charge in [-0.25, -0.2) is 4.79 Å². The van der Waals surface area contributed by atoms with E-state index >= 15 is 0 Å². The quantitative estimate of drug-likeness (QED) is 0.666. The highest BCUT2D eigenvalue weighted by molar-refractivity contribution is 9.10. The van der Waals surface area contributed by atoms with Gasteiger partial charge in [0.1, 0.15) is 0 Å². The van der Waals surface area contributed by atoms with Crippen LogP contribution in [-0.2, 0) is 4.74 Å². The van der Waals surface area contributed by atoms with Gasteiger partial charge in [-0.15, -0.1) is 0 Å². The zero-order valence-corrected chi connectivity index (χ0v) is 13.6. The normalized spacial score (nSPS) is 10.4. The second kappa shape index (κ2) is 9.52. The highest BCUT2D eigenvalue weighted by Gasteiger charge is 2.11. The number of unbranched alkanes of at least 4 members (excludes halogenated alkanes) is 1. The average molecular weight is 358 g/mol. The fourth-order valence-corrected chi connectivity index (χ4v) is 2.16. The van der Waals surface area contributed by atoms with E-state index in [1.807, 2.05) is 0 Å². The molecule has 0 aliphatic heterocycles. The maximum atomic E-state index is 11.9. The van der Waals surface area contributed by atoms with Crippen molar-refractivity contribution in [2.45, 2.75) is 26.2 Å². The van der Waals surface area contributed by atoms with Crippen molar-refractivity contribution in [3.8, 4) is 0 Å². The smallest absolute Gasteiger partial charge is 0.335 e.